The first-order valence-corrected chi connectivity index (χ1v) is 4.21. The highest BCUT2D eigenvalue weighted by Crippen LogP contribution is 2.11. The minimum atomic E-state index is -0.831. The van der Waals surface area contributed by atoms with Gasteiger partial charge in [-0.2, -0.15) is 0 Å². The lowest BCUT2D eigenvalue weighted by Gasteiger charge is -2.00. The summed E-state index contributed by atoms with van der Waals surface area (Å²) in [5, 5.41) is 0.117. The minimum Gasteiger partial charge on any atom is -0.365 e. The summed E-state index contributed by atoms with van der Waals surface area (Å²) in [6.07, 6.45) is 1.12. The van der Waals surface area contributed by atoms with Crippen molar-refractivity contribution in [2.24, 2.45) is 5.73 Å². The van der Waals surface area contributed by atoms with E-state index < -0.39 is 17.2 Å². The molecule has 2 rings (SSSR count). The highest BCUT2D eigenvalue weighted by atomic mass is 19.1. The average molecular weight is 206 g/mol. The zero-order valence-electron chi connectivity index (χ0n) is 7.58. The third-order valence-corrected chi connectivity index (χ3v) is 2.13. The van der Waals surface area contributed by atoms with Crippen LogP contribution in [0.1, 0.15) is 10.4 Å². The zero-order chi connectivity index (χ0) is 11.0. The topological polar surface area (TPSA) is 76.0 Å². The molecule has 0 unspecified atom stereocenters. The molecule has 0 aliphatic carbocycles. The maximum atomic E-state index is 13.2. The molecule has 1 aromatic carbocycles. The third-order valence-electron chi connectivity index (χ3n) is 2.13. The van der Waals surface area contributed by atoms with E-state index in [0.29, 0.717) is 0 Å². The average Bonchev–Trinajstić information content (AvgIpc) is 2.19. The van der Waals surface area contributed by atoms with Gasteiger partial charge in [-0.1, -0.05) is 6.07 Å². The molecule has 0 aliphatic heterocycles. The highest BCUT2D eigenvalue weighted by Gasteiger charge is 2.11. The number of nitrogens with two attached hydrogens (primary N) is 1. The van der Waals surface area contributed by atoms with Crippen molar-refractivity contribution in [2.75, 3.05) is 0 Å². The lowest BCUT2D eigenvalue weighted by Crippen LogP contribution is -2.22. The largest absolute Gasteiger partial charge is 0.365 e. The van der Waals surface area contributed by atoms with E-state index in [1.54, 1.807) is 0 Å². The molecule has 0 saturated carbocycles. The van der Waals surface area contributed by atoms with Crippen LogP contribution in [0.3, 0.4) is 0 Å². The maximum Gasteiger partial charge on any atom is 0.254 e. The Bertz CT molecular complexity index is 604. The molecule has 3 N–H and O–H groups in total. The molecule has 0 aliphatic rings. The van der Waals surface area contributed by atoms with E-state index in [0.717, 1.165) is 6.20 Å². The number of hydrogen-bond acceptors (Lipinski definition) is 2. The predicted octanol–water partition coefficient (Wildman–Crippen LogP) is 0.766. The van der Waals surface area contributed by atoms with Crippen LogP contribution in [0.15, 0.2) is 29.2 Å². The quantitative estimate of drug-likeness (QED) is 0.722. The summed E-state index contributed by atoms with van der Waals surface area (Å²) < 4.78 is 13.2. The molecule has 1 amide bonds. The Morgan fingerprint density at radius 2 is 2.13 bits per heavy atom. The van der Waals surface area contributed by atoms with E-state index in [4.69, 9.17) is 5.73 Å². The zero-order valence-corrected chi connectivity index (χ0v) is 7.58. The molecule has 2 aromatic rings. The second-order valence-electron chi connectivity index (χ2n) is 3.06. The molecule has 1 aromatic heterocycles. The Balaban J connectivity index is 2.92. The number of aromatic amines is 1. The van der Waals surface area contributed by atoms with Gasteiger partial charge in [-0.3, -0.25) is 9.59 Å². The van der Waals surface area contributed by atoms with Crippen molar-refractivity contribution in [1.29, 1.82) is 0 Å². The molecule has 0 bridgehead atoms. The lowest BCUT2D eigenvalue weighted by molar-refractivity contribution is 0.0999. The van der Waals surface area contributed by atoms with Crippen LogP contribution < -0.4 is 11.2 Å². The number of aromatic nitrogens is 1. The van der Waals surface area contributed by atoms with Crippen molar-refractivity contribution in [1.82, 2.24) is 4.98 Å². The molecule has 1 heterocycles. The summed E-state index contributed by atoms with van der Waals surface area (Å²) >= 11 is 0. The Labute approximate surface area is 83.5 Å². The third kappa shape index (κ3) is 1.38. The van der Waals surface area contributed by atoms with Gasteiger partial charge in [0.05, 0.1) is 5.52 Å². The smallest absolute Gasteiger partial charge is 0.254 e. The van der Waals surface area contributed by atoms with E-state index in [1.807, 2.05) is 0 Å². The number of halogens is 1. The number of amides is 1. The van der Waals surface area contributed by atoms with E-state index >= 15 is 0 Å². The van der Waals surface area contributed by atoms with Crippen molar-refractivity contribution in [3.63, 3.8) is 0 Å². The van der Waals surface area contributed by atoms with Crippen LogP contribution in [0, 0.1) is 5.82 Å². The Morgan fingerprint density at radius 1 is 1.40 bits per heavy atom. The van der Waals surface area contributed by atoms with E-state index in [1.165, 1.54) is 18.2 Å². The Morgan fingerprint density at radius 3 is 2.80 bits per heavy atom. The molecular weight excluding hydrogens is 199 g/mol. The first-order valence-electron chi connectivity index (χ1n) is 4.21. The fourth-order valence-corrected chi connectivity index (χ4v) is 1.40. The van der Waals surface area contributed by atoms with Gasteiger partial charge in [-0.25, -0.2) is 4.39 Å². The minimum absolute atomic E-state index is 0.0764. The number of pyridine rings is 1. The molecule has 0 spiro atoms. The monoisotopic (exact) mass is 206 g/mol. The molecule has 0 saturated heterocycles. The van der Waals surface area contributed by atoms with Crippen LogP contribution in [0.25, 0.3) is 10.9 Å². The van der Waals surface area contributed by atoms with Gasteiger partial charge in [0.25, 0.3) is 5.91 Å². The molecule has 0 atom stereocenters. The van der Waals surface area contributed by atoms with Gasteiger partial charge in [0.15, 0.2) is 0 Å². The van der Waals surface area contributed by atoms with Gasteiger partial charge in [0.1, 0.15) is 11.4 Å². The molecular formula is C10H7FN2O2. The molecule has 0 fully saturated rings. The number of hydrogen-bond donors (Lipinski definition) is 2. The number of fused-ring (bicyclic) bond motifs is 1. The number of carbonyl (C=O) groups is 1. The van der Waals surface area contributed by atoms with Crippen LogP contribution in [0.4, 0.5) is 4.39 Å². The fraction of sp³-hybridized carbons (Fsp3) is 0. The van der Waals surface area contributed by atoms with Gasteiger partial charge in [0, 0.05) is 11.6 Å². The van der Waals surface area contributed by atoms with Crippen LogP contribution in [-0.4, -0.2) is 10.9 Å². The second kappa shape index (κ2) is 3.20. The van der Waals surface area contributed by atoms with Gasteiger partial charge in [-0.15, -0.1) is 0 Å². The second-order valence-corrected chi connectivity index (χ2v) is 3.06. The van der Waals surface area contributed by atoms with Crippen molar-refractivity contribution >= 4 is 16.8 Å². The van der Waals surface area contributed by atoms with Gasteiger partial charge in [-0.05, 0) is 12.1 Å². The van der Waals surface area contributed by atoms with Crippen molar-refractivity contribution in [3.8, 4) is 0 Å². The number of nitrogens with one attached hydrogen (secondary N) is 1. The molecule has 0 radical (unpaired) electrons. The molecule has 4 nitrogen and oxygen atoms in total. The van der Waals surface area contributed by atoms with Gasteiger partial charge in [0.2, 0.25) is 5.43 Å². The molecule has 76 valence electrons. The summed E-state index contributed by atoms with van der Waals surface area (Å²) in [6, 6.07) is 4.06. The van der Waals surface area contributed by atoms with E-state index in [-0.39, 0.29) is 16.5 Å². The molecule has 5 heteroatoms. The van der Waals surface area contributed by atoms with Crippen molar-refractivity contribution < 1.29 is 9.18 Å². The van der Waals surface area contributed by atoms with Crippen molar-refractivity contribution in [3.05, 3.63) is 46.0 Å². The van der Waals surface area contributed by atoms with Crippen molar-refractivity contribution in [2.45, 2.75) is 0 Å². The number of carbonyl (C=O) groups excluding carboxylic acids is 1. The fourth-order valence-electron chi connectivity index (χ4n) is 1.40. The molecule has 15 heavy (non-hydrogen) atoms. The number of para-hydroxylation sites is 1. The summed E-state index contributed by atoms with van der Waals surface area (Å²) in [7, 11) is 0. The maximum absolute atomic E-state index is 13.2. The normalized spacial score (nSPS) is 10.5. The summed E-state index contributed by atoms with van der Waals surface area (Å²) in [5.74, 6) is -1.37. The summed E-state index contributed by atoms with van der Waals surface area (Å²) in [6.45, 7) is 0. The number of rotatable bonds is 1. The van der Waals surface area contributed by atoms with Crippen LogP contribution in [0.5, 0.6) is 0 Å². The Hall–Kier alpha value is -2.17. The number of primary amides is 1. The SMILES string of the molecule is NC(=O)c1c[nH]c2c(F)cccc2c1=O. The van der Waals surface area contributed by atoms with Gasteiger partial charge >= 0.3 is 0 Å². The number of benzene rings is 1. The van der Waals surface area contributed by atoms with E-state index in [9.17, 15) is 14.0 Å². The first kappa shape index (κ1) is 9.39. The van der Waals surface area contributed by atoms with Crippen LogP contribution in [-0.2, 0) is 0 Å². The van der Waals surface area contributed by atoms with Gasteiger partial charge < -0.3 is 10.7 Å². The first-order chi connectivity index (χ1) is 7.11. The van der Waals surface area contributed by atoms with Crippen LogP contribution in [0.2, 0.25) is 0 Å². The number of H-pyrrole nitrogens is 1. The summed E-state index contributed by atoms with van der Waals surface area (Å²) in [4.78, 5) is 25.0. The Kier molecular flexibility index (Phi) is 2.00. The van der Waals surface area contributed by atoms with E-state index in [2.05, 4.69) is 4.98 Å². The standard InChI is InChI=1S/C10H7FN2O2/c11-7-3-1-2-5-8(7)13-4-6(9(5)14)10(12)15/h1-4H,(H2,12,15)(H,13,14). The lowest BCUT2D eigenvalue weighted by atomic mass is 10.1. The van der Waals surface area contributed by atoms with Crippen LogP contribution >= 0.6 is 0 Å². The highest BCUT2D eigenvalue weighted by molar-refractivity contribution is 5.95. The summed E-state index contributed by atoms with van der Waals surface area (Å²) in [5.41, 5.74) is 4.33. The predicted molar refractivity (Wildman–Crippen MR) is 53.0 cm³/mol.